The average molecular weight is 248 g/mol. The molecule has 3 rings (SSSR count). The van der Waals surface area contributed by atoms with Crippen molar-refractivity contribution in [1.29, 1.82) is 0 Å². The third kappa shape index (κ3) is 2.08. The predicted molar refractivity (Wildman–Crippen MR) is 77.3 cm³/mol. The first kappa shape index (κ1) is 11.5. The highest BCUT2D eigenvalue weighted by Crippen LogP contribution is 2.28. The quantitative estimate of drug-likeness (QED) is 0.295. The Balaban J connectivity index is 2.17. The molecule has 0 amide bonds. The molecule has 92 valence electrons. The van der Waals surface area contributed by atoms with Gasteiger partial charge >= 0.3 is 5.97 Å². The van der Waals surface area contributed by atoms with Crippen LogP contribution in [0.3, 0.4) is 0 Å². The maximum Gasteiger partial charge on any atom is 0.335 e. The second-order valence-corrected chi connectivity index (χ2v) is 4.29. The largest absolute Gasteiger partial charge is 0.423 e. The van der Waals surface area contributed by atoms with Crippen molar-refractivity contribution >= 4 is 27.5 Å². The van der Waals surface area contributed by atoms with Crippen LogP contribution in [0.5, 0.6) is 5.75 Å². The number of esters is 1. The number of ether oxygens (including phenoxy) is 1. The first-order chi connectivity index (χ1) is 9.28. The summed E-state index contributed by atoms with van der Waals surface area (Å²) in [5, 5.41) is 4.59. The van der Waals surface area contributed by atoms with Crippen LogP contribution in [0.2, 0.25) is 0 Å². The normalized spacial score (nSPS) is 10.5. The van der Waals surface area contributed by atoms with Crippen LogP contribution in [-0.2, 0) is 4.79 Å². The number of carbonyl (C=O) groups excluding carboxylic acids is 1. The summed E-state index contributed by atoms with van der Waals surface area (Å²) in [6.45, 7) is 3.39. The van der Waals surface area contributed by atoms with Gasteiger partial charge in [-0.25, -0.2) is 4.79 Å². The standard InChI is InChI=1S/C17H12O2/c1-2-17(18)19-14-9-10-16-13(11-14)8-7-12-5-3-4-6-15(12)16/h2-11H,1H2. The molecule has 0 N–H and O–H groups in total. The zero-order valence-electron chi connectivity index (χ0n) is 10.3. The summed E-state index contributed by atoms with van der Waals surface area (Å²) in [7, 11) is 0. The van der Waals surface area contributed by atoms with Gasteiger partial charge in [0, 0.05) is 6.08 Å². The third-order valence-corrected chi connectivity index (χ3v) is 3.10. The highest BCUT2D eigenvalue weighted by molar-refractivity contribution is 6.07. The lowest BCUT2D eigenvalue weighted by molar-refractivity contribution is -0.128. The molecule has 2 heteroatoms. The van der Waals surface area contributed by atoms with Crippen molar-refractivity contribution in [3.05, 3.63) is 67.3 Å². The van der Waals surface area contributed by atoms with Crippen molar-refractivity contribution in [2.75, 3.05) is 0 Å². The summed E-state index contributed by atoms with van der Waals surface area (Å²) in [5.74, 6) is 0.0906. The summed E-state index contributed by atoms with van der Waals surface area (Å²) in [6, 6.07) is 18.0. The van der Waals surface area contributed by atoms with Crippen molar-refractivity contribution in [2.45, 2.75) is 0 Å². The van der Waals surface area contributed by atoms with Crippen molar-refractivity contribution in [3.8, 4) is 5.75 Å². The van der Waals surface area contributed by atoms with Crippen LogP contribution in [0.1, 0.15) is 0 Å². The maximum absolute atomic E-state index is 11.2. The maximum atomic E-state index is 11.2. The Kier molecular flexibility index (Phi) is 2.76. The van der Waals surface area contributed by atoms with E-state index in [4.69, 9.17) is 4.74 Å². The van der Waals surface area contributed by atoms with Crippen LogP contribution in [0.15, 0.2) is 67.3 Å². The first-order valence-corrected chi connectivity index (χ1v) is 6.04. The summed E-state index contributed by atoms with van der Waals surface area (Å²) >= 11 is 0. The Bertz CT molecular complexity index is 787. The van der Waals surface area contributed by atoms with E-state index in [0.717, 1.165) is 16.8 Å². The molecule has 0 saturated heterocycles. The van der Waals surface area contributed by atoms with E-state index in [1.807, 2.05) is 30.3 Å². The first-order valence-electron chi connectivity index (χ1n) is 6.04. The molecule has 0 fully saturated rings. The fourth-order valence-corrected chi connectivity index (χ4v) is 2.21. The van der Waals surface area contributed by atoms with Gasteiger partial charge < -0.3 is 4.74 Å². The second kappa shape index (κ2) is 4.58. The fourth-order valence-electron chi connectivity index (χ4n) is 2.21. The zero-order chi connectivity index (χ0) is 13.2. The topological polar surface area (TPSA) is 26.3 Å². The minimum Gasteiger partial charge on any atom is -0.423 e. The number of fused-ring (bicyclic) bond motifs is 3. The number of benzene rings is 3. The van der Waals surface area contributed by atoms with E-state index in [1.54, 1.807) is 6.07 Å². The zero-order valence-corrected chi connectivity index (χ0v) is 10.3. The van der Waals surface area contributed by atoms with Crippen molar-refractivity contribution in [2.24, 2.45) is 0 Å². The lowest BCUT2D eigenvalue weighted by atomic mass is 10.0. The smallest absolute Gasteiger partial charge is 0.335 e. The van der Waals surface area contributed by atoms with E-state index >= 15 is 0 Å². The van der Waals surface area contributed by atoms with Crippen molar-refractivity contribution in [3.63, 3.8) is 0 Å². The average Bonchev–Trinajstić information content (AvgIpc) is 2.46. The molecule has 0 spiro atoms. The monoisotopic (exact) mass is 248 g/mol. The Morgan fingerprint density at radius 3 is 2.53 bits per heavy atom. The molecular weight excluding hydrogens is 236 g/mol. The van der Waals surface area contributed by atoms with Gasteiger partial charge in [-0.15, -0.1) is 0 Å². The van der Waals surface area contributed by atoms with Crippen molar-refractivity contribution in [1.82, 2.24) is 0 Å². The van der Waals surface area contributed by atoms with Gasteiger partial charge in [-0.05, 0) is 33.7 Å². The Labute approximate surface area is 110 Å². The van der Waals surface area contributed by atoms with Crippen LogP contribution in [0, 0.1) is 0 Å². The summed E-state index contributed by atoms with van der Waals surface area (Å²) in [4.78, 5) is 11.2. The van der Waals surface area contributed by atoms with Gasteiger partial charge in [-0.3, -0.25) is 0 Å². The van der Waals surface area contributed by atoms with Gasteiger partial charge in [-0.1, -0.05) is 49.0 Å². The van der Waals surface area contributed by atoms with E-state index in [9.17, 15) is 4.79 Å². The summed E-state index contributed by atoms with van der Waals surface area (Å²) in [5.41, 5.74) is 0. The Hall–Kier alpha value is -2.61. The van der Waals surface area contributed by atoms with Crippen LogP contribution in [-0.4, -0.2) is 5.97 Å². The third-order valence-electron chi connectivity index (χ3n) is 3.10. The van der Waals surface area contributed by atoms with Crippen LogP contribution in [0.25, 0.3) is 21.5 Å². The molecule has 0 saturated carbocycles. The van der Waals surface area contributed by atoms with E-state index in [-0.39, 0.29) is 0 Å². The molecule has 0 aromatic heterocycles. The molecule has 3 aromatic carbocycles. The van der Waals surface area contributed by atoms with Crippen LogP contribution < -0.4 is 4.74 Å². The summed E-state index contributed by atoms with van der Waals surface area (Å²) in [6.07, 6.45) is 1.16. The number of rotatable bonds is 2. The Morgan fingerprint density at radius 1 is 0.947 bits per heavy atom. The van der Waals surface area contributed by atoms with Crippen LogP contribution in [0.4, 0.5) is 0 Å². The van der Waals surface area contributed by atoms with Gasteiger partial charge in [0.25, 0.3) is 0 Å². The van der Waals surface area contributed by atoms with Gasteiger partial charge in [-0.2, -0.15) is 0 Å². The highest BCUT2D eigenvalue weighted by Gasteiger charge is 2.04. The number of carbonyl (C=O) groups is 1. The number of hydrogen-bond acceptors (Lipinski definition) is 2. The van der Waals surface area contributed by atoms with Gasteiger partial charge in [0.1, 0.15) is 5.75 Å². The summed E-state index contributed by atoms with van der Waals surface area (Å²) < 4.78 is 5.13. The lowest BCUT2D eigenvalue weighted by Crippen LogP contribution is -2.02. The van der Waals surface area contributed by atoms with Gasteiger partial charge in [0.2, 0.25) is 0 Å². The minimum absolute atomic E-state index is 0.444. The molecule has 0 unspecified atom stereocenters. The molecule has 0 radical (unpaired) electrons. The van der Waals surface area contributed by atoms with E-state index in [0.29, 0.717) is 5.75 Å². The molecule has 0 bridgehead atoms. The molecule has 0 aliphatic heterocycles. The second-order valence-electron chi connectivity index (χ2n) is 4.29. The molecule has 19 heavy (non-hydrogen) atoms. The van der Waals surface area contributed by atoms with E-state index in [2.05, 4.69) is 24.8 Å². The Morgan fingerprint density at radius 2 is 1.68 bits per heavy atom. The van der Waals surface area contributed by atoms with Gasteiger partial charge in [0.05, 0.1) is 0 Å². The number of hydrogen-bond donors (Lipinski definition) is 0. The fraction of sp³-hybridized carbons (Fsp3) is 0. The molecule has 0 heterocycles. The van der Waals surface area contributed by atoms with Crippen molar-refractivity contribution < 1.29 is 9.53 Å². The molecule has 0 aliphatic rings. The minimum atomic E-state index is -0.444. The van der Waals surface area contributed by atoms with E-state index in [1.165, 1.54) is 10.8 Å². The van der Waals surface area contributed by atoms with Gasteiger partial charge in [0.15, 0.2) is 0 Å². The predicted octanol–water partition coefficient (Wildman–Crippen LogP) is 4.08. The SMILES string of the molecule is C=CC(=O)Oc1ccc2c(ccc3ccccc32)c1. The molecule has 3 aromatic rings. The molecular formula is C17H12O2. The van der Waals surface area contributed by atoms with Crippen LogP contribution >= 0.6 is 0 Å². The van der Waals surface area contributed by atoms with E-state index < -0.39 is 5.97 Å². The molecule has 2 nitrogen and oxygen atoms in total. The molecule has 0 aliphatic carbocycles. The highest BCUT2D eigenvalue weighted by atomic mass is 16.5. The molecule has 0 atom stereocenters. The lowest BCUT2D eigenvalue weighted by Gasteiger charge is -2.06.